The first-order valence-electron chi connectivity index (χ1n) is 8.28. The van der Waals surface area contributed by atoms with Crippen LogP contribution in [-0.2, 0) is 30.9 Å². The maximum atomic E-state index is 13.0. The zero-order chi connectivity index (χ0) is 20.6. The minimum Gasteiger partial charge on any atom is -0.468 e. The molecule has 0 aliphatic heterocycles. The first kappa shape index (κ1) is 21.2. The quantitative estimate of drug-likeness (QED) is 0.495. The van der Waals surface area contributed by atoms with Crippen molar-refractivity contribution in [2.24, 2.45) is 0 Å². The van der Waals surface area contributed by atoms with Crippen LogP contribution in [0.3, 0.4) is 0 Å². The van der Waals surface area contributed by atoms with Crippen molar-refractivity contribution in [1.82, 2.24) is 9.62 Å². The summed E-state index contributed by atoms with van der Waals surface area (Å²) >= 11 is 0. The van der Waals surface area contributed by atoms with E-state index < -0.39 is 35.1 Å². The largest absolute Gasteiger partial charge is 0.468 e. The molecule has 148 valence electrons. The number of ether oxygens (including phenoxy) is 1. The van der Waals surface area contributed by atoms with Crippen LogP contribution in [-0.4, -0.2) is 44.3 Å². The van der Waals surface area contributed by atoms with Crippen molar-refractivity contribution >= 4 is 21.9 Å². The molecule has 1 N–H and O–H groups in total. The van der Waals surface area contributed by atoms with Crippen LogP contribution in [0.25, 0.3) is 0 Å². The standard InChI is InChI=1S/C19H20N2O6S/c1-3-10-20-18(22)14-27-19(23)13-21(12-16-5-4-11-26-16)28(24,25)17-8-6-15(2)7-9-17/h1,4-9,11H,10,12-14H2,2H3,(H,20,22). The third-order valence-electron chi connectivity index (χ3n) is 3.63. The minimum absolute atomic E-state index is 0.00278. The molecule has 9 heteroatoms. The number of rotatable bonds is 9. The summed E-state index contributed by atoms with van der Waals surface area (Å²) in [6.07, 6.45) is 6.42. The Hall–Kier alpha value is -3.09. The van der Waals surface area contributed by atoms with Crippen molar-refractivity contribution in [2.45, 2.75) is 18.4 Å². The molecule has 0 fully saturated rings. The van der Waals surface area contributed by atoms with E-state index in [4.69, 9.17) is 15.6 Å². The number of terminal acetylenes is 1. The van der Waals surface area contributed by atoms with Gasteiger partial charge in [-0.15, -0.1) is 6.42 Å². The Labute approximate surface area is 163 Å². The van der Waals surface area contributed by atoms with E-state index in [1.807, 2.05) is 6.92 Å². The van der Waals surface area contributed by atoms with Crippen molar-refractivity contribution in [2.75, 3.05) is 19.7 Å². The van der Waals surface area contributed by atoms with Crippen LogP contribution in [0.5, 0.6) is 0 Å². The van der Waals surface area contributed by atoms with Crippen molar-refractivity contribution in [3.05, 3.63) is 54.0 Å². The number of carbonyl (C=O) groups excluding carboxylic acids is 2. The molecule has 0 spiro atoms. The normalized spacial score (nSPS) is 11.0. The number of amides is 1. The Morgan fingerprint density at radius 2 is 1.96 bits per heavy atom. The van der Waals surface area contributed by atoms with Crippen LogP contribution in [0.2, 0.25) is 0 Å². The van der Waals surface area contributed by atoms with Gasteiger partial charge in [-0.25, -0.2) is 8.42 Å². The second kappa shape index (κ2) is 9.73. The van der Waals surface area contributed by atoms with Gasteiger partial charge in [-0.2, -0.15) is 4.31 Å². The molecule has 1 amide bonds. The first-order valence-corrected chi connectivity index (χ1v) is 9.72. The van der Waals surface area contributed by atoms with Gasteiger partial charge in [0, 0.05) is 0 Å². The molecule has 1 heterocycles. The SMILES string of the molecule is C#CCNC(=O)COC(=O)CN(Cc1ccco1)S(=O)(=O)c1ccc(C)cc1. The van der Waals surface area contributed by atoms with Gasteiger partial charge in [0.25, 0.3) is 5.91 Å². The molecule has 8 nitrogen and oxygen atoms in total. The maximum Gasteiger partial charge on any atom is 0.321 e. The molecule has 0 radical (unpaired) electrons. The van der Waals surface area contributed by atoms with Crippen molar-refractivity contribution in [3.8, 4) is 12.3 Å². The molecule has 1 aromatic carbocycles. The Kier molecular flexibility index (Phi) is 7.37. The van der Waals surface area contributed by atoms with Crippen LogP contribution in [0.15, 0.2) is 52.0 Å². The van der Waals surface area contributed by atoms with Crippen molar-refractivity contribution in [1.29, 1.82) is 0 Å². The molecule has 2 aromatic rings. The average Bonchev–Trinajstić information content (AvgIpc) is 3.17. The maximum absolute atomic E-state index is 13.0. The molecule has 0 saturated heterocycles. The molecule has 1 aromatic heterocycles. The van der Waals surface area contributed by atoms with Crippen LogP contribution in [0.4, 0.5) is 0 Å². The monoisotopic (exact) mass is 404 g/mol. The van der Waals surface area contributed by atoms with E-state index in [-0.39, 0.29) is 18.0 Å². The second-order valence-electron chi connectivity index (χ2n) is 5.81. The molecule has 0 bridgehead atoms. The Bertz CT molecular complexity index is 943. The summed E-state index contributed by atoms with van der Waals surface area (Å²) in [5.41, 5.74) is 0.897. The summed E-state index contributed by atoms with van der Waals surface area (Å²) in [4.78, 5) is 23.6. The Balaban J connectivity index is 2.13. The fourth-order valence-electron chi connectivity index (χ4n) is 2.20. The van der Waals surface area contributed by atoms with Gasteiger partial charge in [-0.3, -0.25) is 9.59 Å². The van der Waals surface area contributed by atoms with Crippen LogP contribution in [0, 0.1) is 19.3 Å². The van der Waals surface area contributed by atoms with E-state index in [2.05, 4.69) is 11.2 Å². The summed E-state index contributed by atoms with van der Waals surface area (Å²) in [6, 6.07) is 9.44. The van der Waals surface area contributed by atoms with Crippen molar-refractivity contribution in [3.63, 3.8) is 0 Å². The molecular formula is C19H20N2O6S. The number of hydrogen-bond acceptors (Lipinski definition) is 6. The molecule has 28 heavy (non-hydrogen) atoms. The Morgan fingerprint density at radius 1 is 1.25 bits per heavy atom. The van der Waals surface area contributed by atoms with Gasteiger partial charge in [0.2, 0.25) is 10.0 Å². The number of nitrogens with one attached hydrogen (secondary N) is 1. The van der Waals surface area contributed by atoms with Gasteiger partial charge in [-0.1, -0.05) is 23.6 Å². The number of sulfonamides is 1. The number of nitrogens with zero attached hydrogens (tertiary/aromatic N) is 1. The lowest BCUT2D eigenvalue weighted by atomic mass is 10.2. The summed E-state index contributed by atoms with van der Waals surface area (Å²) in [7, 11) is -4.00. The molecule has 0 aliphatic rings. The lowest BCUT2D eigenvalue weighted by Crippen LogP contribution is -2.37. The second-order valence-corrected chi connectivity index (χ2v) is 7.74. The predicted molar refractivity (Wildman–Crippen MR) is 100 cm³/mol. The third-order valence-corrected chi connectivity index (χ3v) is 5.43. The topological polar surface area (TPSA) is 106 Å². The van der Waals surface area contributed by atoms with E-state index in [1.54, 1.807) is 24.3 Å². The lowest BCUT2D eigenvalue weighted by Gasteiger charge is -2.20. The number of benzene rings is 1. The molecule has 2 rings (SSSR count). The van der Waals surface area contributed by atoms with Crippen LogP contribution < -0.4 is 5.32 Å². The fraction of sp³-hybridized carbons (Fsp3) is 0.263. The lowest BCUT2D eigenvalue weighted by molar-refractivity contribution is -0.148. The average molecular weight is 404 g/mol. The Morgan fingerprint density at radius 3 is 2.57 bits per heavy atom. The third kappa shape index (κ3) is 5.97. The summed E-state index contributed by atoms with van der Waals surface area (Å²) in [5.74, 6) is 1.12. The van der Waals surface area contributed by atoms with E-state index in [0.717, 1.165) is 9.87 Å². The number of furan rings is 1. The van der Waals surface area contributed by atoms with Gasteiger partial charge in [0.05, 0.1) is 24.2 Å². The van der Waals surface area contributed by atoms with Gasteiger partial charge >= 0.3 is 5.97 Å². The smallest absolute Gasteiger partial charge is 0.321 e. The predicted octanol–water partition coefficient (Wildman–Crippen LogP) is 1.07. The summed E-state index contributed by atoms with van der Waals surface area (Å²) < 4.78 is 36.9. The van der Waals surface area contributed by atoms with Crippen molar-refractivity contribution < 1.29 is 27.2 Å². The van der Waals surface area contributed by atoms with E-state index in [1.165, 1.54) is 18.4 Å². The van der Waals surface area contributed by atoms with Gasteiger partial charge in [0.15, 0.2) is 6.61 Å². The molecule has 0 saturated carbocycles. The fourth-order valence-corrected chi connectivity index (χ4v) is 3.55. The van der Waals surface area contributed by atoms with Gasteiger partial charge < -0.3 is 14.5 Å². The number of hydrogen-bond donors (Lipinski definition) is 1. The highest BCUT2D eigenvalue weighted by Crippen LogP contribution is 2.19. The molecular weight excluding hydrogens is 384 g/mol. The molecule has 0 aliphatic carbocycles. The summed E-state index contributed by atoms with van der Waals surface area (Å²) in [5, 5.41) is 2.34. The highest BCUT2D eigenvalue weighted by Gasteiger charge is 2.28. The van der Waals surface area contributed by atoms with E-state index >= 15 is 0 Å². The zero-order valence-electron chi connectivity index (χ0n) is 15.3. The van der Waals surface area contributed by atoms with E-state index in [9.17, 15) is 18.0 Å². The first-order chi connectivity index (χ1) is 13.3. The highest BCUT2D eigenvalue weighted by molar-refractivity contribution is 7.89. The van der Waals surface area contributed by atoms with Gasteiger partial charge in [-0.05, 0) is 31.2 Å². The summed E-state index contributed by atoms with van der Waals surface area (Å²) in [6.45, 7) is 0.531. The molecule has 0 unspecified atom stereocenters. The van der Waals surface area contributed by atoms with Gasteiger partial charge in [0.1, 0.15) is 12.3 Å². The number of aryl methyl sites for hydroxylation is 1. The van der Waals surface area contributed by atoms with Crippen LogP contribution in [0.1, 0.15) is 11.3 Å². The number of carbonyl (C=O) groups is 2. The van der Waals surface area contributed by atoms with Crippen LogP contribution >= 0.6 is 0 Å². The van der Waals surface area contributed by atoms with E-state index in [0.29, 0.717) is 5.76 Å². The number of esters is 1. The zero-order valence-corrected chi connectivity index (χ0v) is 16.1. The minimum atomic E-state index is -4.00. The highest BCUT2D eigenvalue weighted by atomic mass is 32.2. The molecule has 0 atom stereocenters.